The molecule has 0 radical (unpaired) electrons. The number of phenolic OH excluding ortho intramolecular Hbond substituents is 1. The maximum Gasteiger partial charge on any atom is 0.375 e. The number of carboxylic acid groups (broad SMARTS) is 1. The number of aromatic carboxylic acids is 1. The number of aromatic hydroxyl groups is 2. The summed E-state index contributed by atoms with van der Waals surface area (Å²) in [4.78, 5) is 22.2. The smallest absolute Gasteiger partial charge is 0.375 e. The molecule has 16 heavy (non-hydrogen) atoms. The first-order valence-electron chi connectivity index (χ1n) is 4.23. The molecule has 2 aromatic rings. The Balaban J connectivity index is 2.94. The minimum atomic E-state index is -1.54. The van der Waals surface area contributed by atoms with Crippen molar-refractivity contribution >= 4 is 16.9 Å². The highest BCUT2D eigenvalue weighted by Gasteiger charge is 2.19. The third-order valence-corrected chi connectivity index (χ3v) is 2.04. The van der Waals surface area contributed by atoms with E-state index in [1.54, 1.807) is 0 Å². The molecule has 0 saturated heterocycles. The van der Waals surface area contributed by atoms with Crippen LogP contribution < -0.4 is 5.43 Å². The predicted molar refractivity (Wildman–Crippen MR) is 52.8 cm³/mol. The molecule has 82 valence electrons. The Morgan fingerprint density at radius 3 is 2.56 bits per heavy atom. The highest BCUT2D eigenvalue weighted by atomic mass is 16.4. The van der Waals surface area contributed by atoms with Crippen LogP contribution in [0.15, 0.2) is 27.4 Å². The highest BCUT2D eigenvalue weighted by Crippen LogP contribution is 2.22. The van der Waals surface area contributed by atoms with Crippen LogP contribution in [0.2, 0.25) is 0 Å². The SMILES string of the molecule is O=C(O)c1oc2ccc(O)cc2c(=O)c1O. The van der Waals surface area contributed by atoms with Crippen LogP contribution in [0.25, 0.3) is 11.0 Å². The molecule has 1 aromatic heterocycles. The zero-order valence-corrected chi connectivity index (χ0v) is 7.80. The quantitative estimate of drug-likeness (QED) is 0.661. The lowest BCUT2D eigenvalue weighted by Gasteiger charge is -2.01. The first kappa shape index (κ1) is 10.0. The second-order valence-electron chi connectivity index (χ2n) is 3.09. The molecule has 3 N–H and O–H groups in total. The van der Waals surface area contributed by atoms with Gasteiger partial charge in [0.25, 0.3) is 5.76 Å². The number of hydrogen-bond donors (Lipinski definition) is 3. The van der Waals surface area contributed by atoms with Gasteiger partial charge in [-0.05, 0) is 18.2 Å². The molecule has 0 aliphatic heterocycles. The summed E-state index contributed by atoms with van der Waals surface area (Å²) in [6.45, 7) is 0. The van der Waals surface area contributed by atoms with Crippen molar-refractivity contribution in [2.75, 3.05) is 0 Å². The van der Waals surface area contributed by atoms with Gasteiger partial charge in [-0.15, -0.1) is 0 Å². The Kier molecular flexibility index (Phi) is 2.05. The van der Waals surface area contributed by atoms with E-state index < -0.39 is 22.9 Å². The molecule has 0 unspecified atom stereocenters. The lowest BCUT2D eigenvalue weighted by Crippen LogP contribution is -2.08. The average Bonchev–Trinajstić information content (AvgIpc) is 2.23. The van der Waals surface area contributed by atoms with E-state index in [2.05, 4.69) is 0 Å². The number of carbonyl (C=O) groups is 1. The topological polar surface area (TPSA) is 108 Å². The summed E-state index contributed by atoms with van der Waals surface area (Å²) in [5.74, 6) is -3.51. The molecule has 0 saturated carbocycles. The number of benzene rings is 1. The van der Waals surface area contributed by atoms with E-state index in [1.165, 1.54) is 12.1 Å². The summed E-state index contributed by atoms with van der Waals surface area (Å²) in [5, 5.41) is 27.0. The normalized spacial score (nSPS) is 10.5. The molecule has 0 fully saturated rings. The zero-order valence-electron chi connectivity index (χ0n) is 7.80. The maximum atomic E-state index is 11.5. The first-order valence-corrected chi connectivity index (χ1v) is 4.23. The first-order chi connectivity index (χ1) is 7.50. The molecule has 0 bridgehead atoms. The minimum absolute atomic E-state index is 0.0157. The van der Waals surface area contributed by atoms with Crippen molar-refractivity contribution in [2.24, 2.45) is 0 Å². The molecular weight excluding hydrogens is 216 g/mol. The van der Waals surface area contributed by atoms with Gasteiger partial charge in [0.2, 0.25) is 11.2 Å². The van der Waals surface area contributed by atoms with Crippen LogP contribution in [0.3, 0.4) is 0 Å². The molecule has 0 atom stereocenters. The van der Waals surface area contributed by atoms with Crippen LogP contribution in [-0.4, -0.2) is 21.3 Å². The van der Waals surface area contributed by atoms with Crippen molar-refractivity contribution < 1.29 is 24.5 Å². The van der Waals surface area contributed by atoms with Gasteiger partial charge in [-0.1, -0.05) is 0 Å². The molecular formula is C10H6O6. The van der Waals surface area contributed by atoms with Crippen molar-refractivity contribution in [1.82, 2.24) is 0 Å². The van der Waals surface area contributed by atoms with Gasteiger partial charge in [-0.2, -0.15) is 0 Å². The number of rotatable bonds is 1. The molecule has 1 heterocycles. The van der Waals surface area contributed by atoms with Crippen molar-refractivity contribution in [2.45, 2.75) is 0 Å². The van der Waals surface area contributed by atoms with Gasteiger partial charge in [0.15, 0.2) is 0 Å². The summed E-state index contributed by atoms with van der Waals surface area (Å²) in [6, 6.07) is 3.58. The molecule has 6 nitrogen and oxygen atoms in total. The second kappa shape index (κ2) is 3.27. The van der Waals surface area contributed by atoms with E-state index in [4.69, 9.17) is 14.6 Å². The third kappa shape index (κ3) is 1.36. The largest absolute Gasteiger partial charge is 0.508 e. The number of phenols is 1. The van der Waals surface area contributed by atoms with Crippen LogP contribution in [0, 0.1) is 0 Å². The second-order valence-corrected chi connectivity index (χ2v) is 3.09. The third-order valence-electron chi connectivity index (χ3n) is 2.04. The van der Waals surface area contributed by atoms with Gasteiger partial charge < -0.3 is 19.7 Å². The lowest BCUT2D eigenvalue weighted by molar-refractivity contribution is 0.0657. The summed E-state index contributed by atoms with van der Waals surface area (Å²) >= 11 is 0. The van der Waals surface area contributed by atoms with Crippen LogP contribution >= 0.6 is 0 Å². The van der Waals surface area contributed by atoms with Crippen molar-refractivity contribution in [3.05, 3.63) is 34.2 Å². The van der Waals surface area contributed by atoms with E-state index in [1.807, 2.05) is 0 Å². The van der Waals surface area contributed by atoms with Gasteiger partial charge in [-0.25, -0.2) is 4.79 Å². The maximum absolute atomic E-state index is 11.5. The van der Waals surface area contributed by atoms with Gasteiger partial charge >= 0.3 is 5.97 Å². The van der Waals surface area contributed by atoms with Crippen LogP contribution in [0.5, 0.6) is 11.5 Å². The molecule has 6 heteroatoms. The van der Waals surface area contributed by atoms with Crippen molar-refractivity contribution in [1.29, 1.82) is 0 Å². The fourth-order valence-electron chi connectivity index (χ4n) is 1.32. The van der Waals surface area contributed by atoms with Gasteiger partial charge in [0.1, 0.15) is 11.3 Å². The van der Waals surface area contributed by atoms with E-state index in [9.17, 15) is 14.7 Å². The molecule has 0 aliphatic rings. The molecule has 2 rings (SSSR count). The lowest BCUT2D eigenvalue weighted by atomic mass is 10.2. The fraction of sp³-hybridized carbons (Fsp3) is 0. The number of hydrogen-bond acceptors (Lipinski definition) is 5. The Morgan fingerprint density at radius 2 is 1.94 bits per heavy atom. The van der Waals surface area contributed by atoms with Crippen LogP contribution in [0.1, 0.15) is 10.6 Å². The van der Waals surface area contributed by atoms with Crippen LogP contribution in [0.4, 0.5) is 0 Å². The molecule has 0 amide bonds. The number of carboxylic acids is 1. The van der Waals surface area contributed by atoms with E-state index in [0.29, 0.717) is 0 Å². The predicted octanol–water partition coefficient (Wildman–Crippen LogP) is 0.902. The fourth-order valence-corrected chi connectivity index (χ4v) is 1.32. The Bertz CT molecular complexity index is 640. The minimum Gasteiger partial charge on any atom is -0.508 e. The Morgan fingerprint density at radius 1 is 1.25 bits per heavy atom. The highest BCUT2D eigenvalue weighted by molar-refractivity contribution is 5.91. The molecule has 0 aliphatic carbocycles. The van der Waals surface area contributed by atoms with Crippen LogP contribution in [-0.2, 0) is 0 Å². The summed E-state index contributed by atoms with van der Waals surface area (Å²) in [7, 11) is 0. The van der Waals surface area contributed by atoms with Gasteiger partial charge in [0, 0.05) is 0 Å². The van der Waals surface area contributed by atoms with Gasteiger partial charge in [-0.3, -0.25) is 4.79 Å². The monoisotopic (exact) mass is 222 g/mol. The van der Waals surface area contributed by atoms with E-state index in [-0.39, 0.29) is 16.7 Å². The Hall–Kier alpha value is -2.50. The van der Waals surface area contributed by atoms with E-state index in [0.717, 1.165) is 6.07 Å². The van der Waals surface area contributed by atoms with Crippen molar-refractivity contribution in [3.8, 4) is 11.5 Å². The molecule has 1 aromatic carbocycles. The van der Waals surface area contributed by atoms with E-state index >= 15 is 0 Å². The zero-order chi connectivity index (χ0) is 11.9. The standard InChI is InChI=1S/C10H6O6/c11-4-1-2-6-5(3-4)7(12)8(13)9(16-6)10(14)15/h1-3,11,13H,(H,14,15). The van der Waals surface area contributed by atoms with Gasteiger partial charge in [0.05, 0.1) is 5.39 Å². The Labute approximate surface area is 88.0 Å². The molecule has 0 spiro atoms. The number of fused-ring (bicyclic) bond motifs is 1. The summed E-state index contributed by atoms with van der Waals surface area (Å²) in [6.07, 6.45) is 0. The summed E-state index contributed by atoms with van der Waals surface area (Å²) in [5.41, 5.74) is -0.910. The summed E-state index contributed by atoms with van der Waals surface area (Å²) < 4.78 is 4.83. The van der Waals surface area contributed by atoms with Crippen molar-refractivity contribution in [3.63, 3.8) is 0 Å². The average molecular weight is 222 g/mol.